The van der Waals surface area contributed by atoms with E-state index in [4.69, 9.17) is 5.11 Å². The highest BCUT2D eigenvalue weighted by Crippen LogP contribution is 2.02. The molecule has 0 saturated carbocycles. The zero-order valence-electron chi connectivity index (χ0n) is 7.45. The van der Waals surface area contributed by atoms with Crippen molar-refractivity contribution in [2.75, 3.05) is 0 Å². The molecule has 3 nitrogen and oxygen atoms in total. The molecule has 0 bridgehead atoms. The maximum Gasteiger partial charge on any atom is 0.510 e. The van der Waals surface area contributed by atoms with Gasteiger partial charge in [-0.25, -0.2) is 4.79 Å². The van der Waals surface area contributed by atoms with Crippen molar-refractivity contribution in [3.8, 4) is 0 Å². The number of ether oxygens (including phenoxy) is 1. The Bertz CT molecular complexity index is 141. The minimum atomic E-state index is -1.25. The van der Waals surface area contributed by atoms with E-state index in [0.29, 0.717) is 0 Å². The molecule has 0 saturated heterocycles. The summed E-state index contributed by atoms with van der Waals surface area (Å²) in [4.78, 5) is 9.86. The molecule has 0 unspecified atom stereocenters. The van der Waals surface area contributed by atoms with Crippen molar-refractivity contribution in [1.29, 1.82) is 0 Å². The molecule has 0 aliphatic heterocycles. The fourth-order valence-corrected chi connectivity index (χ4v) is 0.863. The fourth-order valence-electron chi connectivity index (χ4n) is 0.863. The van der Waals surface area contributed by atoms with Gasteiger partial charge in [0.05, 0.1) is 6.26 Å². The van der Waals surface area contributed by atoms with Crippen molar-refractivity contribution in [3.63, 3.8) is 0 Å². The quantitative estimate of drug-likeness (QED) is 0.380. The molecule has 0 aromatic carbocycles. The predicted octanol–water partition coefficient (Wildman–Crippen LogP) is 3.17. The van der Waals surface area contributed by atoms with Gasteiger partial charge in [-0.3, -0.25) is 0 Å². The van der Waals surface area contributed by atoms with Crippen molar-refractivity contribution in [2.45, 2.75) is 39.0 Å². The fraction of sp³-hybridized carbons (Fsp3) is 0.667. The van der Waals surface area contributed by atoms with Crippen LogP contribution in [0.1, 0.15) is 39.0 Å². The lowest BCUT2D eigenvalue weighted by atomic mass is 10.2. The highest BCUT2D eigenvalue weighted by Gasteiger charge is 1.88. The molecule has 0 aliphatic carbocycles. The lowest BCUT2D eigenvalue weighted by Gasteiger charge is -1.93. The van der Waals surface area contributed by atoms with E-state index in [1.807, 2.05) is 0 Å². The molecule has 0 atom stereocenters. The molecule has 70 valence electrons. The first-order valence-corrected chi connectivity index (χ1v) is 4.32. The van der Waals surface area contributed by atoms with Gasteiger partial charge in [0.15, 0.2) is 0 Å². The van der Waals surface area contributed by atoms with Gasteiger partial charge in [-0.05, 0) is 18.9 Å². The predicted molar refractivity (Wildman–Crippen MR) is 47.0 cm³/mol. The number of allylic oxidation sites excluding steroid dienone is 1. The van der Waals surface area contributed by atoms with E-state index < -0.39 is 6.16 Å². The summed E-state index contributed by atoms with van der Waals surface area (Å²) in [7, 11) is 0. The molecular formula is C9H16O3. The van der Waals surface area contributed by atoms with Crippen LogP contribution in [0.4, 0.5) is 4.79 Å². The number of hydrogen-bond donors (Lipinski definition) is 1. The zero-order chi connectivity index (χ0) is 9.23. The zero-order valence-corrected chi connectivity index (χ0v) is 7.45. The van der Waals surface area contributed by atoms with Gasteiger partial charge in [-0.2, -0.15) is 0 Å². The molecule has 0 amide bonds. The molecular weight excluding hydrogens is 156 g/mol. The number of rotatable bonds is 6. The van der Waals surface area contributed by atoms with Gasteiger partial charge < -0.3 is 9.84 Å². The second kappa shape index (κ2) is 8.11. The maximum absolute atomic E-state index is 9.86. The molecule has 0 radical (unpaired) electrons. The summed E-state index contributed by atoms with van der Waals surface area (Å²) in [5, 5.41) is 8.08. The summed E-state index contributed by atoms with van der Waals surface area (Å²) in [6.45, 7) is 2.16. The summed E-state index contributed by atoms with van der Waals surface area (Å²) in [6.07, 6.45) is 7.38. The van der Waals surface area contributed by atoms with Gasteiger partial charge in [0.2, 0.25) is 0 Å². The van der Waals surface area contributed by atoms with E-state index in [0.717, 1.165) is 12.8 Å². The second-order valence-corrected chi connectivity index (χ2v) is 2.60. The first kappa shape index (κ1) is 11.0. The number of carbonyl (C=O) groups is 1. The van der Waals surface area contributed by atoms with Crippen LogP contribution in [0, 0.1) is 0 Å². The van der Waals surface area contributed by atoms with Gasteiger partial charge in [0.25, 0.3) is 0 Å². The van der Waals surface area contributed by atoms with E-state index in [2.05, 4.69) is 11.7 Å². The van der Waals surface area contributed by atoms with Crippen LogP contribution in [0.5, 0.6) is 0 Å². The van der Waals surface area contributed by atoms with E-state index in [1.54, 1.807) is 6.08 Å². The van der Waals surface area contributed by atoms with Crippen molar-refractivity contribution in [2.24, 2.45) is 0 Å². The third-order valence-corrected chi connectivity index (χ3v) is 1.49. The van der Waals surface area contributed by atoms with Crippen molar-refractivity contribution >= 4 is 6.16 Å². The maximum atomic E-state index is 9.86. The van der Waals surface area contributed by atoms with Crippen LogP contribution >= 0.6 is 0 Å². The SMILES string of the molecule is CCCCCCC=COC(=O)O. The Kier molecular flexibility index (Phi) is 7.44. The van der Waals surface area contributed by atoms with Gasteiger partial charge in [-0.1, -0.05) is 26.2 Å². The summed E-state index contributed by atoms with van der Waals surface area (Å²) in [5.74, 6) is 0. The molecule has 3 heteroatoms. The lowest BCUT2D eigenvalue weighted by molar-refractivity contribution is 0.128. The topological polar surface area (TPSA) is 46.5 Å². The average molecular weight is 172 g/mol. The third kappa shape index (κ3) is 9.01. The molecule has 1 N–H and O–H groups in total. The number of carboxylic acid groups (broad SMARTS) is 1. The van der Waals surface area contributed by atoms with Crippen LogP contribution < -0.4 is 0 Å². The number of unbranched alkanes of at least 4 members (excludes halogenated alkanes) is 4. The van der Waals surface area contributed by atoms with Gasteiger partial charge in [0, 0.05) is 0 Å². The van der Waals surface area contributed by atoms with E-state index >= 15 is 0 Å². The molecule has 0 heterocycles. The van der Waals surface area contributed by atoms with Crippen LogP contribution in [0.2, 0.25) is 0 Å². The monoisotopic (exact) mass is 172 g/mol. The van der Waals surface area contributed by atoms with E-state index in [9.17, 15) is 4.79 Å². The summed E-state index contributed by atoms with van der Waals surface area (Å²) < 4.78 is 4.18. The standard InChI is InChI=1S/C9H16O3/c1-2-3-4-5-6-7-8-12-9(10)11/h7-8H,2-6H2,1H3,(H,10,11). The van der Waals surface area contributed by atoms with Crippen LogP contribution in [0.3, 0.4) is 0 Å². The van der Waals surface area contributed by atoms with Crippen molar-refractivity contribution < 1.29 is 14.6 Å². The van der Waals surface area contributed by atoms with Crippen LogP contribution in [0.15, 0.2) is 12.3 Å². The second-order valence-electron chi connectivity index (χ2n) is 2.60. The molecule has 0 spiro atoms. The largest absolute Gasteiger partial charge is 0.510 e. The Morgan fingerprint density at radius 2 is 2.17 bits per heavy atom. The Morgan fingerprint density at radius 3 is 2.75 bits per heavy atom. The molecule has 0 aliphatic rings. The summed E-state index contributed by atoms with van der Waals surface area (Å²) >= 11 is 0. The molecule has 0 fully saturated rings. The average Bonchev–Trinajstić information content (AvgIpc) is 2.02. The molecule has 0 rings (SSSR count). The van der Waals surface area contributed by atoms with Gasteiger partial charge in [0.1, 0.15) is 0 Å². The Morgan fingerprint density at radius 1 is 1.42 bits per heavy atom. The summed E-state index contributed by atoms with van der Waals surface area (Å²) in [6, 6.07) is 0. The van der Waals surface area contributed by atoms with Gasteiger partial charge >= 0.3 is 6.16 Å². The Hall–Kier alpha value is -0.990. The minimum absolute atomic E-state index is 0.896. The molecule has 12 heavy (non-hydrogen) atoms. The van der Waals surface area contributed by atoms with E-state index in [1.165, 1.54) is 25.5 Å². The molecule has 0 aromatic rings. The molecule has 0 aromatic heterocycles. The highest BCUT2D eigenvalue weighted by atomic mass is 16.7. The normalized spacial score (nSPS) is 10.4. The highest BCUT2D eigenvalue weighted by molar-refractivity contribution is 5.57. The van der Waals surface area contributed by atoms with Crippen LogP contribution in [-0.2, 0) is 4.74 Å². The van der Waals surface area contributed by atoms with Gasteiger partial charge in [-0.15, -0.1) is 0 Å². The minimum Gasteiger partial charge on any atom is -0.449 e. The number of hydrogen-bond acceptors (Lipinski definition) is 2. The lowest BCUT2D eigenvalue weighted by Crippen LogP contribution is -1.91. The van der Waals surface area contributed by atoms with E-state index in [-0.39, 0.29) is 0 Å². The third-order valence-electron chi connectivity index (χ3n) is 1.49. The van der Waals surface area contributed by atoms with Crippen molar-refractivity contribution in [3.05, 3.63) is 12.3 Å². The smallest absolute Gasteiger partial charge is 0.449 e. The summed E-state index contributed by atoms with van der Waals surface area (Å²) in [5.41, 5.74) is 0. The Balaban J connectivity index is 3.08. The first-order valence-electron chi connectivity index (χ1n) is 4.32. The van der Waals surface area contributed by atoms with Crippen LogP contribution in [-0.4, -0.2) is 11.3 Å². The first-order chi connectivity index (χ1) is 5.77. The van der Waals surface area contributed by atoms with Crippen molar-refractivity contribution in [1.82, 2.24) is 0 Å². The Labute approximate surface area is 73.0 Å². The van der Waals surface area contributed by atoms with Crippen LogP contribution in [0.25, 0.3) is 0 Å².